The lowest BCUT2D eigenvalue weighted by molar-refractivity contribution is 0.185. The maximum Gasteiger partial charge on any atom is 0.0268 e. The maximum absolute atomic E-state index is 3.87. The van der Waals surface area contributed by atoms with E-state index >= 15 is 0 Å². The molecule has 98 valence electrons. The van der Waals surface area contributed by atoms with Gasteiger partial charge in [0.1, 0.15) is 0 Å². The molecule has 18 heavy (non-hydrogen) atoms. The van der Waals surface area contributed by atoms with E-state index in [4.69, 9.17) is 0 Å². The van der Waals surface area contributed by atoms with E-state index in [0.29, 0.717) is 6.04 Å². The molecule has 1 fully saturated rings. The van der Waals surface area contributed by atoms with E-state index in [2.05, 4.69) is 63.1 Å². The van der Waals surface area contributed by atoms with Gasteiger partial charge >= 0.3 is 0 Å². The summed E-state index contributed by atoms with van der Waals surface area (Å²) < 4.78 is 1.03. The lowest BCUT2D eigenvalue weighted by Gasteiger charge is -2.33. The number of nitrogens with zero attached hydrogens (tertiary/aromatic N) is 1. The van der Waals surface area contributed by atoms with E-state index in [9.17, 15) is 0 Å². The van der Waals surface area contributed by atoms with Gasteiger partial charge in [-0.15, -0.1) is 0 Å². The Labute approximate surface area is 118 Å². The fourth-order valence-corrected chi connectivity index (χ4v) is 2.62. The van der Waals surface area contributed by atoms with E-state index in [-0.39, 0.29) is 0 Å². The molecule has 1 aromatic rings. The van der Waals surface area contributed by atoms with Crippen LogP contribution < -0.4 is 5.32 Å². The molecule has 0 aliphatic carbocycles. The third kappa shape index (κ3) is 4.56. The molecule has 1 aliphatic heterocycles. The highest BCUT2D eigenvalue weighted by atomic mass is 79.9. The van der Waals surface area contributed by atoms with Gasteiger partial charge in [-0.2, -0.15) is 0 Å². The molecule has 1 saturated heterocycles. The van der Waals surface area contributed by atoms with Crippen LogP contribution in [0, 0.1) is 0 Å². The predicted molar refractivity (Wildman–Crippen MR) is 80.8 cm³/mol. The molecule has 0 aromatic heterocycles. The van der Waals surface area contributed by atoms with Crippen molar-refractivity contribution in [2.45, 2.75) is 25.4 Å². The normalized spacial score (nSPS) is 20.8. The molecule has 1 heterocycles. The molecule has 1 unspecified atom stereocenters. The number of hydrogen-bond donors (Lipinski definition) is 1. The van der Waals surface area contributed by atoms with Crippen molar-refractivity contribution >= 4 is 15.9 Å². The van der Waals surface area contributed by atoms with Crippen molar-refractivity contribution in [3.63, 3.8) is 0 Å². The fourth-order valence-electron chi connectivity index (χ4n) is 2.46. The summed E-state index contributed by atoms with van der Waals surface area (Å²) in [6.45, 7) is 8.14. The highest BCUT2D eigenvalue weighted by Crippen LogP contribution is 2.14. The second-order valence-corrected chi connectivity index (χ2v) is 6.08. The summed E-state index contributed by atoms with van der Waals surface area (Å²) >= 11 is 3.40. The highest BCUT2D eigenvalue weighted by Gasteiger charge is 2.19. The molecule has 0 bridgehead atoms. The van der Waals surface area contributed by atoms with Crippen LogP contribution in [0.5, 0.6) is 0 Å². The van der Waals surface area contributed by atoms with Gasteiger partial charge in [0.05, 0.1) is 0 Å². The Morgan fingerprint density at radius 3 is 2.89 bits per heavy atom. The van der Waals surface area contributed by atoms with Gasteiger partial charge in [0.2, 0.25) is 0 Å². The van der Waals surface area contributed by atoms with Crippen molar-refractivity contribution in [2.75, 3.05) is 19.6 Å². The van der Waals surface area contributed by atoms with Gasteiger partial charge in [-0.05, 0) is 24.9 Å². The smallest absolute Gasteiger partial charge is 0.0268 e. The first-order valence-corrected chi connectivity index (χ1v) is 7.36. The summed E-state index contributed by atoms with van der Waals surface area (Å²) in [6, 6.07) is 11.3. The van der Waals surface area contributed by atoms with Crippen LogP contribution in [-0.2, 0) is 6.54 Å². The first-order chi connectivity index (χ1) is 8.74. The molecule has 0 radical (unpaired) electrons. The number of rotatable bonds is 5. The number of hydrogen-bond acceptors (Lipinski definition) is 2. The van der Waals surface area contributed by atoms with Crippen molar-refractivity contribution in [1.82, 2.24) is 10.2 Å². The van der Waals surface area contributed by atoms with Crippen LogP contribution in [0.2, 0.25) is 0 Å². The fraction of sp³-hybridized carbons (Fsp3) is 0.467. The minimum absolute atomic E-state index is 0.594. The average molecular weight is 309 g/mol. The highest BCUT2D eigenvalue weighted by molar-refractivity contribution is 9.11. The Morgan fingerprint density at radius 2 is 2.17 bits per heavy atom. The number of halogens is 1. The van der Waals surface area contributed by atoms with Crippen molar-refractivity contribution in [3.05, 3.63) is 47.0 Å². The van der Waals surface area contributed by atoms with Gasteiger partial charge in [-0.1, -0.05) is 52.8 Å². The summed E-state index contributed by atoms with van der Waals surface area (Å²) in [5.41, 5.74) is 1.41. The van der Waals surface area contributed by atoms with Crippen LogP contribution >= 0.6 is 15.9 Å². The van der Waals surface area contributed by atoms with Crippen molar-refractivity contribution in [2.24, 2.45) is 0 Å². The topological polar surface area (TPSA) is 15.3 Å². The Kier molecular flexibility index (Phi) is 5.42. The van der Waals surface area contributed by atoms with E-state index in [1.807, 2.05) is 0 Å². The molecule has 0 amide bonds. The average Bonchev–Trinajstić information content (AvgIpc) is 2.38. The molecule has 1 aliphatic rings. The Hall–Kier alpha value is -0.640. The molecule has 1 aromatic carbocycles. The Bertz CT molecular complexity index is 377. The molecule has 1 atom stereocenters. The summed E-state index contributed by atoms with van der Waals surface area (Å²) in [6.07, 6.45) is 2.55. The van der Waals surface area contributed by atoms with Crippen molar-refractivity contribution in [3.8, 4) is 0 Å². The van der Waals surface area contributed by atoms with Crippen LogP contribution in [0.25, 0.3) is 0 Å². The minimum atomic E-state index is 0.594. The van der Waals surface area contributed by atoms with Gasteiger partial charge in [0, 0.05) is 30.2 Å². The van der Waals surface area contributed by atoms with Gasteiger partial charge in [0.15, 0.2) is 0 Å². The molecule has 0 spiro atoms. The summed E-state index contributed by atoms with van der Waals surface area (Å²) in [7, 11) is 0. The van der Waals surface area contributed by atoms with Gasteiger partial charge in [-0.25, -0.2) is 0 Å². The first-order valence-electron chi connectivity index (χ1n) is 6.57. The lowest BCUT2D eigenvalue weighted by Crippen LogP contribution is -2.45. The van der Waals surface area contributed by atoms with Gasteiger partial charge in [-0.3, -0.25) is 4.90 Å². The zero-order valence-electron chi connectivity index (χ0n) is 10.7. The van der Waals surface area contributed by atoms with Gasteiger partial charge < -0.3 is 5.32 Å². The van der Waals surface area contributed by atoms with E-state index in [1.165, 1.54) is 24.9 Å². The summed E-state index contributed by atoms with van der Waals surface area (Å²) in [5.74, 6) is 0. The first kappa shape index (κ1) is 13.8. The van der Waals surface area contributed by atoms with Crippen LogP contribution in [0.4, 0.5) is 0 Å². The minimum Gasteiger partial charge on any atom is -0.308 e. The molecular weight excluding hydrogens is 288 g/mol. The molecular formula is C15H21BrN2. The van der Waals surface area contributed by atoms with Crippen LogP contribution in [0.15, 0.2) is 41.4 Å². The quantitative estimate of drug-likeness (QED) is 0.899. The van der Waals surface area contributed by atoms with Crippen molar-refractivity contribution in [1.29, 1.82) is 0 Å². The number of piperidine rings is 1. The SMILES string of the molecule is C=C(Br)CNC1CCCN(Cc2ccccc2)C1. The number of benzene rings is 1. The second-order valence-electron chi connectivity index (χ2n) is 4.96. The molecule has 0 saturated carbocycles. The molecule has 3 heteroatoms. The van der Waals surface area contributed by atoms with Crippen LogP contribution in [-0.4, -0.2) is 30.6 Å². The second kappa shape index (κ2) is 7.07. The van der Waals surface area contributed by atoms with E-state index < -0.39 is 0 Å². The van der Waals surface area contributed by atoms with Crippen molar-refractivity contribution < 1.29 is 0 Å². The predicted octanol–water partition coefficient (Wildman–Crippen LogP) is 3.15. The standard InChI is InChI=1S/C15H21BrN2/c1-13(16)10-17-15-8-5-9-18(12-15)11-14-6-3-2-4-7-14/h2-4,6-7,15,17H,1,5,8-12H2. The largest absolute Gasteiger partial charge is 0.308 e. The number of likely N-dealkylation sites (tertiary alicyclic amines) is 1. The summed E-state index contributed by atoms with van der Waals surface area (Å²) in [5, 5.41) is 3.55. The Morgan fingerprint density at radius 1 is 1.39 bits per heavy atom. The third-order valence-electron chi connectivity index (χ3n) is 3.34. The maximum atomic E-state index is 3.87. The monoisotopic (exact) mass is 308 g/mol. The van der Waals surface area contributed by atoms with E-state index in [0.717, 1.165) is 24.1 Å². The van der Waals surface area contributed by atoms with Crippen LogP contribution in [0.1, 0.15) is 18.4 Å². The lowest BCUT2D eigenvalue weighted by atomic mass is 10.0. The molecule has 2 rings (SSSR count). The third-order valence-corrected chi connectivity index (χ3v) is 3.62. The Balaban J connectivity index is 1.81. The molecule has 1 N–H and O–H groups in total. The summed E-state index contributed by atoms with van der Waals surface area (Å²) in [4.78, 5) is 2.54. The van der Waals surface area contributed by atoms with Crippen LogP contribution in [0.3, 0.4) is 0 Å². The molecule has 2 nitrogen and oxygen atoms in total. The zero-order valence-corrected chi connectivity index (χ0v) is 12.3. The zero-order chi connectivity index (χ0) is 12.8. The van der Waals surface area contributed by atoms with Gasteiger partial charge in [0.25, 0.3) is 0 Å². The van der Waals surface area contributed by atoms with E-state index in [1.54, 1.807) is 0 Å². The number of nitrogens with one attached hydrogen (secondary N) is 1.